The van der Waals surface area contributed by atoms with Crippen LogP contribution >= 0.6 is 0 Å². The number of benzene rings is 1. The highest BCUT2D eigenvalue weighted by atomic mass is 32.2. The van der Waals surface area contributed by atoms with E-state index in [0.29, 0.717) is 6.07 Å². The van der Waals surface area contributed by atoms with E-state index in [0.717, 1.165) is 13.0 Å². The van der Waals surface area contributed by atoms with Gasteiger partial charge in [0.2, 0.25) is 6.41 Å². The van der Waals surface area contributed by atoms with E-state index in [2.05, 4.69) is 4.18 Å². The Bertz CT molecular complexity index is 597. The Kier molecular flexibility index (Phi) is 4.03. The summed E-state index contributed by atoms with van der Waals surface area (Å²) in [4.78, 5) is 10.2. The first kappa shape index (κ1) is 15.2. The average Bonchev–Trinajstić information content (AvgIpc) is 2.23. The summed E-state index contributed by atoms with van der Waals surface area (Å²) in [5.41, 5.74) is -6.29. The molecule has 0 unspecified atom stereocenters. The zero-order chi connectivity index (χ0) is 14.8. The van der Waals surface area contributed by atoms with Gasteiger partial charge in [0.15, 0.2) is 0 Å². The molecule has 1 amide bonds. The van der Waals surface area contributed by atoms with Crippen molar-refractivity contribution in [1.82, 2.24) is 0 Å². The number of alkyl halides is 3. The third kappa shape index (κ3) is 3.34. The van der Waals surface area contributed by atoms with Crippen LogP contribution in [0.4, 0.5) is 23.2 Å². The number of hydrogen-bond acceptors (Lipinski definition) is 4. The molecule has 10 heteroatoms. The number of aryl methyl sites for hydroxylation is 1. The highest BCUT2D eigenvalue weighted by molar-refractivity contribution is 7.88. The van der Waals surface area contributed by atoms with Crippen LogP contribution in [0, 0.1) is 12.7 Å². The van der Waals surface area contributed by atoms with Gasteiger partial charge in [0.05, 0.1) is 5.69 Å². The first-order valence-corrected chi connectivity index (χ1v) is 6.00. The van der Waals surface area contributed by atoms with Crippen LogP contribution in [0.3, 0.4) is 0 Å². The van der Waals surface area contributed by atoms with Crippen LogP contribution in [0.25, 0.3) is 0 Å². The third-order valence-electron chi connectivity index (χ3n) is 1.96. The second-order valence-corrected chi connectivity index (χ2v) is 4.88. The Balaban J connectivity index is 3.22. The Morgan fingerprint density at radius 1 is 1.32 bits per heavy atom. The summed E-state index contributed by atoms with van der Waals surface area (Å²) >= 11 is 0. The predicted octanol–water partition coefficient (Wildman–Crippen LogP) is 1.93. The van der Waals surface area contributed by atoms with E-state index in [1.807, 2.05) is 5.32 Å². The van der Waals surface area contributed by atoms with Crippen molar-refractivity contribution in [2.45, 2.75) is 12.4 Å². The van der Waals surface area contributed by atoms with Crippen molar-refractivity contribution in [1.29, 1.82) is 0 Å². The molecule has 0 aliphatic carbocycles. The highest BCUT2D eigenvalue weighted by Crippen LogP contribution is 2.31. The lowest BCUT2D eigenvalue weighted by Crippen LogP contribution is -2.28. The van der Waals surface area contributed by atoms with Crippen molar-refractivity contribution in [3.8, 4) is 5.75 Å². The van der Waals surface area contributed by atoms with E-state index in [9.17, 15) is 30.8 Å². The molecule has 1 aromatic carbocycles. The number of hydrogen-bond donors (Lipinski definition) is 1. The van der Waals surface area contributed by atoms with Crippen LogP contribution in [-0.2, 0) is 14.9 Å². The van der Waals surface area contributed by atoms with Crippen LogP contribution in [0.15, 0.2) is 12.1 Å². The Morgan fingerprint density at radius 3 is 2.37 bits per heavy atom. The fourth-order valence-electron chi connectivity index (χ4n) is 1.08. The van der Waals surface area contributed by atoms with Crippen molar-refractivity contribution in [2.75, 3.05) is 5.32 Å². The van der Waals surface area contributed by atoms with Crippen molar-refractivity contribution >= 4 is 22.2 Å². The molecular weight excluding hydrogens is 294 g/mol. The smallest absolute Gasteiger partial charge is 0.376 e. The topological polar surface area (TPSA) is 72.5 Å². The minimum Gasteiger partial charge on any atom is -0.376 e. The Morgan fingerprint density at radius 2 is 1.89 bits per heavy atom. The number of carbonyl (C=O) groups excluding carboxylic acids is 1. The second kappa shape index (κ2) is 5.03. The first-order chi connectivity index (χ1) is 8.58. The maximum absolute atomic E-state index is 13.2. The molecular formula is C9H7F4NO4S. The van der Waals surface area contributed by atoms with Gasteiger partial charge in [-0.2, -0.15) is 21.6 Å². The van der Waals surface area contributed by atoms with Crippen molar-refractivity contribution < 1.29 is 35.0 Å². The number of anilines is 1. The van der Waals surface area contributed by atoms with Crippen LogP contribution in [0.2, 0.25) is 0 Å². The van der Waals surface area contributed by atoms with Crippen molar-refractivity contribution in [2.24, 2.45) is 0 Å². The second-order valence-electron chi connectivity index (χ2n) is 3.34. The fraction of sp³-hybridized carbons (Fsp3) is 0.222. The van der Waals surface area contributed by atoms with Gasteiger partial charge in [-0.3, -0.25) is 4.79 Å². The van der Waals surface area contributed by atoms with Crippen molar-refractivity contribution in [3.63, 3.8) is 0 Å². The summed E-state index contributed by atoms with van der Waals surface area (Å²) in [6.45, 7) is 1.15. The predicted molar refractivity (Wildman–Crippen MR) is 56.4 cm³/mol. The minimum atomic E-state index is -5.86. The van der Waals surface area contributed by atoms with Gasteiger partial charge in [-0.25, -0.2) is 4.39 Å². The maximum atomic E-state index is 13.2. The lowest BCUT2D eigenvalue weighted by Gasteiger charge is -2.12. The number of halogens is 4. The quantitative estimate of drug-likeness (QED) is 0.399. The lowest BCUT2D eigenvalue weighted by molar-refractivity contribution is -0.105. The van der Waals surface area contributed by atoms with Gasteiger partial charge in [0.25, 0.3) is 0 Å². The monoisotopic (exact) mass is 301 g/mol. The van der Waals surface area contributed by atoms with Crippen molar-refractivity contribution in [3.05, 3.63) is 23.5 Å². The van der Waals surface area contributed by atoms with Gasteiger partial charge in [-0.05, 0) is 18.6 Å². The molecule has 0 atom stereocenters. The zero-order valence-electron chi connectivity index (χ0n) is 9.29. The summed E-state index contributed by atoms with van der Waals surface area (Å²) in [6.07, 6.45) is 0.0792. The molecule has 0 aliphatic heterocycles. The van der Waals surface area contributed by atoms with Gasteiger partial charge in [0, 0.05) is 6.07 Å². The minimum absolute atomic E-state index is 0.0792. The summed E-state index contributed by atoms with van der Waals surface area (Å²) in [6, 6.07) is 1.37. The summed E-state index contributed by atoms with van der Waals surface area (Å²) in [7, 11) is -5.86. The molecule has 5 nitrogen and oxygen atoms in total. The van der Waals surface area contributed by atoms with Gasteiger partial charge in [-0.1, -0.05) is 0 Å². The molecule has 0 aromatic heterocycles. The Hall–Kier alpha value is -1.84. The molecule has 0 aliphatic rings. The number of amides is 1. The van der Waals surface area contributed by atoms with Crippen LogP contribution in [-0.4, -0.2) is 20.3 Å². The van der Waals surface area contributed by atoms with E-state index < -0.39 is 32.9 Å². The van der Waals surface area contributed by atoms with Crippen LogP contribution in [0.5, 0.6) is 5.75 Å². The molecule has 1 aromatic rings. The third-order valence-corrected chi connectivity index (χ3v) is 2.93. The number of carbonyl (C=O) groups is 1. The zero-order valence-corrected chi connectivity index (χ0v) is 10.1. The molecule has 0 saturated heterocycles. The van der Waals surface area contributed by atoms with E-state index in [1.54, 1.807) is 0 Å². The van der Waals surface area contributed by atoms with Gasteiger partial charge in [0.1, 0.15) is 11.6 Å². The average molecular weight is 301 g/mol. The summed E-state index contributed by atoms with van der Waals surface area (Å²) in [5, 5.41) is 1.86. The summed E-state index contributed by atoms with van der Waals surface area (Å²) in [5.74, 6) is -1.68. The number of nitrogens with one attached hydrogen (secondary N) is 1. The standard InChI is InChI=1S/C9H7F4NO4S/c1-5-2-6(10)7(14-4-15)3-8(5)18-19(16,17)9(11,12)13/h2-4H,1H3,(H,14,15). The Labute approximate surface area is 105 Å². The lowest BCUT2D eigenvalue weighted by atomic mass is 10.2. The molecule has 0 bridgehead atoms. The van der Waals surface area contributed by atoms with E-state index in [-0.39, 0.29) is 12.0 Å². The molecule has 0 heterocycles. The molecule has 0 saturated carbocycles. The highest BCUT2D eigenvalue weighted by Gasteiger charge is 2.48. The fourth-order valence-corrected chi connectivity index (χ4v) is 1.59. The molecule has 1 N–H and O–H groups in total. The van der Waals surface area contributed by atoms with E-state index in [4.69, 9.17) is 0 Å². The molecule has 1 rings (SSSR count). The number of rotatable bonds is 4. The molecule has 0 radical (unpaired) electrons. The molecule has 19 heavy (non-hydrogen) atoms. The SMILES string of the molecule is Cc1cc(F)c(NC=O)cc1OS(=O)(=O)C(F)(F)F. The van der Waals surface area contributed by atoms with Crippen LogP contribution < -0.4 is 9.50 Å². The van der Waals surface area contributed by atoms with E-state index >= 15 is 0 Å². The normalized spacial score (nSPS) is 12.1. The largest absolute Gasteiger partial charge is 0.534 e. The maximum Gasteiger partial charge on any atom is 0.534 e. The van der Waals surface area contributed by atoms with Crippen LogP contribution in [0.1, 0.15) is 5.56 Å². The first-order valence-electron chi connectivity index (χ1n) is 4.59. The summed E-state index contributed by atoms with van der Waals surface area (Å²) < 4.78 is 75.1. The van der Waals surface area contributed by atoms with E-state index in [1.165, 1.54) is 0 Å². The molecule has 0 spiro atoms. The molecule has 106 valence electrons. The van der Waals surface area contributed by atoms with Gasteiger partial charge in [-0.15, -0.1) is 0 Å². The van der Waals surface area contributed by atoms with Gasteiger partial charge >= 0.3 is 15.6 Å². The molecule has 0 fully saturated rings. The van der Waals surface area contributed by atoms with Gasteiger partial charge < -0.3 is 9.50 Å².